The van der Waals surface area contributed by atoms with Gasteiger partial charge in [-0.2, -0.15) is 0 Å². The number of halogens is 1. The van der Waals surface area contributed by atoms with Crippen LogP contribution in [-0.4, -0.2) is 48.5 Å². The fraction of sp³-hybridized carbons (Fsp3) is 0.611. The largest absolute Gasteiger partial charge is 0.478 e. The molecule has 2 heterocycles. The van der Waals surface area contributed by atoms with Gasteiger partial charge in [-0.3, -0.25) is 4.79 Å². The van der Waals surface area contributed by atoms with Crippen molar-refractivity contribution in [2.45, 2.75) is 39.1 Å². The van der Waals surface area contributed by atoms with Crippen LogP contribution in [0.25, 0.3) is 0 Å². The molecule has 1 spiro atoms. The van der Waals surface area contributed by atoms with Crippen molar-refractivity contribution in [2.24, 2.45) is 5.41 Å². The van der Waals surface area contributed by atoms with Gasteiger partial charge in [0.15, 0.2) is 11.4 Å². The van der Waals surface area contributed by atoms with Gasteiger partial charge in [0.2, 0.25) is 0 Å². The van der Waals surface area contributed by atoms with Crippen molar-refractivity contribution in [2.75, 3.05) is 26.3 Å². The Morgan fingerprint density at radius 2 is 1.71 bits per heavy atom. The molecule has 0 saturated carbocycles. The van der Waals surface area contributed by atoms with E-state index in [2.05, 4.69) is 0 Å². The maximum Gasteiger partial charge on any atom is 0.266 e. The summed E-state index contributed by atoms with van der Waals surface area (Å²) in [5.41, 5.74) is -1.02. The summed E-state index contributed by atoms with van der Waals surface area (Å²) in [6.07, 6.45) is 0. The Balaban J connectivity index is 1.58. The highest BCUT2D eigenvalue weighted by Gasteiger charge is 2.52. The van der Waals surface area contributed by atoms with Gasteiger partial charge in [0, 0.05) is 18.1 Å². The van der Waals surface area contributed by atoms with Crippen LogP contribution >= 0.6 is 11.6 Å². The highest BCUT2D eigenvalue weighted by molar-refractivity contribution is 6.30. The Kier molecular flexibility index (Phi) is 4.31. The van der Waals surface area contributed by atoms with E-state index in [1.807, 2.05) is 13.8 Å². The van der Waals surface area contributed by atoms with Gasteiger partial charge >= 0.3 is 0 Å². The standard InChI is InChI=1S/C18H24ClNO4/c1-16(2,24-14-7-5-13(19)6-8-14)15(21)20-9-18(10-20)11-22-17(3,4)23-12-18/h5-8H,9-12H2,1-4H3. The van der Waals surface area contributed by atoms with Gasteiger partial charge in [-0.05, 0) is 52.0 Å². The Labute approximate surface area is 147 Å². The third kappa shape index (κ3) is 3.53. The van der Waals surface area contributed by atoms with Gasteiger partial charge in [-0.15, -0.1) is 0 Å². The molecule has 1 amide bonds. The first-order valence-corrected chi connectivity index (χ1v) is 8.51. The molecule has 24 heavy (non-hydrogen) atoms. The number of carbonyl (C=O) groups excluding carboxylic acids is 1. The summed E-state index contributed by atoms with van der Waals surface area (Å²) in [6, 6.07) is 7.02. The van der Waals surface area contributed by atoms with E-state index < -0.39 is 11.4 Å². The zero-order valence-corrected chi connectivity index (χ0v) is 15.4. The lowest BCUT2D eigenvalue weighted by molar-refractivity contribution is -0.303. The van der Waals surface area contributed by atoms with Gasteiger partial charge in [0.1, 0.15) is 5.75 Å². The van der Waals surface area contributed by atoms with E-state index in [0.29, 0.717) is 37.1 Å². The van der Waals surface area contributed by atoms with Gasteiger partial charge in [-0.1, -0.05) is 11.6 Å². The molecule has 0 bridgehead atoms. The molecule has 0 aromatic heterocycles. The van der Waals surface area contributed by atoms with Crippen molar-refractivity contribution in [1.29, 1.82) is 0 Å². The molecular weight excluding hydrogens is 330 g/mol. The smallest absolute Gasteiger partial charge is 0.266 e. The van der Waals surface area contributed by atoms with Crippen LogP contribution in [-0.2, 0) is 14.3 Å². The minimum absolute atomic E-state index is 0.0343. The highest BCUT2D eigenvalue weighted by Crippen LogP contribution is 2.38. The van der Waals surface area contributed by atoms with Crippen molar-refractivity contribution in [1.82, 2.24) is 4.90 Å². The Hall–Kier alpha value is -1.30. The number of hydrogen-bond acceptors (Lipinski definition) is 4. The van der Waals surface area contributed by atoms with Crippen LogP contribution in [0.3, 0.4) is 0 Å². The molecule has 0 unspecified atom stereocenters. The summed E-state index contributed by atoms with van der Waals surface area (Å²) in [5, 5.41) is 0.636. The summed E-state index contributed by atoms with van der Waals surface area (Å²) < 4.78 is 17.4. The number of amides is 1. The molecular formula is C18H24ClNO4. The van der Waals surface area contributed by atoms with Crippen LogP contribution in [0.4, 0.5) is 0 Å². The Morgan fingerprint density at radius 3 is 2.25 bits per heavy atom. The predicted molar refractivity (Wildman–Crippen MR) is 91.2 cm³/mol. The summed E-state index contributed by atoms with van der Waals surface area (Å²) in [6.45, 7) is 9.88. The maximum absolute atomic E-state index is 12.8. The molecule has 0 aliphatic carbocycles. The molecule has 0 N–H and O–H groups in total. The SMILES string of the molecule is CC1(C)OCC2(CO1)CN(C(=O)C(C)(C)Oc1ccc(Cl)cc1)C2. The molecule has 0 atom stereocenters. The first-order chi connectivity index (χ1) is 11.1. The van der Waals surface area contributed by atoms with E-state index >= 15 is 0 Å². The van der Waals surface area contributed by atoms with E-state index in [1.54, 1.807) is 43.0 Å². The molecule has 5 nitrogen and oxygen atoms in total. The Bertz CT molecular complexity index is 608. The molecule has 1 aromatic carbocycles. The van der Waals surface area contributed by atoms with E-state index in [0.717, 1.165) is 0 Å². The number of benzene rings is 1. The van der Waals surface area contributed by atoms with Crippen LogP contribution in [0, 0.1) is 5.41 Å². The zero-order chi connectivity index (χ0) is 17.6. The van der Waals surface area contributed by atoms with Gasteiger partial charge in [0.25, 0.3) is 5.91 Å². The highest BCUT2D eigenvalue weighted by atomic mass is 35.5. The lowest BCUT2D eigenvalue weighted by Gasteiger charge is -2.55. The third-order valence-corrected chi connectivity index (χ3v) is 4.75. The normalized spacial score (nSPS) is 22.1. The number of ether oxygens (including phenoxy) is 3. The van der Waals surface area contributed by atoms with Crippen molar-refractivity contribution in [3.63, 3.8) is 0 Å². The number of likely N-dealkylation sites (tertiary alicyclic amines) is 1. The van der Waals surface area contributed by atoms with Crippen molar-refractivity contribution in [3.05, 3.63) is 29.3 Å². The van der Waals surface area contributed by atoms with Gasteiger partial charge in [-0.25, -0.2) is 0 Å². The third-order valence-electron chi connectivity index (χ3n) is 4.49. The minimum Gasteiger partial charge on any atom is -0.478 e. The zero-order valence-electron chi connectivity index (χ0n) is 14.6. The van der Waals surface area contributed by atoms with Crippen molar-refractivity contribution < 1.29 is 19.0 Å². The summed E-state index contributed by atoms with van der Waals surface area (Å²) in [4.78, 5) is 14.6. The van der Waals surface area contributed by atoms with Crippen LogP contribution in [0.5, 0.6) is 5.75 Å². The summed E-state index contributed by atoms with van der Waals surface area (Å²) in [7, 11) is 0. The minimum atomic E-state index is -0.939. The van der Waals surface area contributed by atoms with E-state index in [4.69, 9.17) is 25.8 Å². The fourth-order valence-electron chi connectivity index (χ4n) is 3.05. The number of rotatable bonds is 3. The van der Waals surface area contributed by atoms with Crippen molar-refractivity contribution >= 4 is 17.5 Å². The maximum atomic E-state index is 12.8. The topological polar surface area (TPSA) is 48.0 Å². The van der Waals surface area contributed by atoms with Gasteiger partial charge in [0.05, 0.1) is 18.6 Å². The average Bonchev–Trinajstić information content (AvgIpc) is 2.47. The van der Waals surface area contributed by atoms with Crippen molar-refractivity contribution in [3.8, 4) is 5.75 Å². The quantitative estimate of drug-likeness (QED) is 0.837. The molecule has 3 rings (SSSR count). The molecule has 6 heteroatoms. The van der Waals surface area contributed by atoms with Gasteiger partial charge < -0.3 is 19.1 Å². The van der Waals surface area contributed by atoms with Crippen LogP contribution in [0.2, 0.25) is 5.02 Å². The first kappa shape index (κ1) is 17.5. The van der Waals surface area contributed by atoms with Crippen LogP contribution in [0.15, 0.2) is 24.3 Å². The monoisotopic (exact) mass is 353 g/mol. The summed E-state index contributed by atoms with van der Waals surface area (Å²) >= 11 is 5.88. The van der Waals surface area contributed by atoms with Crippen LogP contribution < -0.4 is 4.74 Å². The van der Waals surface area contributed by atoms with E-state index in [-0.39, 0.29) is 11.3 Å². The predicted octanol–water partition coefficient (Wildman–Crippen LogP) is 3.11. The van der Waals surface area contributed by atoms with E-state index in [9.17, 15) is 4.79 Å². The Morgan fingerprint density at radius 1 is 1.17 bits per heavy atom. The summed E-state index contributed by atoms with van der Waals surface area (Å²) in [5.74, 6) is 0.0547. The molecule has 2 fully saturated rings. The second kappa shape index (κ2) is 5.90. The number of hydrogen-bond donors (Lipinski definition) is 0. The number of nitrogens with zero attached hydrogens (tertiary/aromatic N) is 1. The molecule has 2 aliphatic heterocycles. The molecule has 132 valence electrons. The lowest BCUT2D eigenvalue weighted by Crippen LogP contribution is -2.68. The number of carbonyl (C=O) groups is 1. The molecule has 1 aromatic rings. The molecule has 2 saturated heterocycles. The molecule has 2 aliphatic rings. The van der Waals surface area contributed by atoms with Crippen LogP contribution in [0.1, 0.15) is 27.7 Å². The second-order valence-corrected chi connectivity index (χ2v) is 8.14. The second-order valence-electron chi connectivity index (χ2n) is 7.70. The fourth-order valence-corrected chi connectivity index (χ4v) is 3.17. The van der Waals surface area contributed by atoms with E-state index in [1.165, 1.54) is 0 Å². The first-order valence-electron chi connectivity index (χ1n) is 8.13. The average molecular weight is 354 g/mol. The molecule has 0 radical (unpaired) electrons. The lowest BCUT2D eigenvalue weighted by atomic mass is 9.79.